The molecule has 0 aliphatic rings. The summed E-state index contributed by atoms with van der Waals surface area (Å²) in [6.45, 7) is 2.23. The summed E-state index contributed by atoms with van der Waals surface area (Å²) in [4.78, 5) is 3.98. The molecular formula is C11H20N4O3S. The van der Waals surface area contributed by atoms with Crippen LogP contribution in [0.4, 0.5) is 5.82 Å². The molecule has 0 fully saturated rings. The Labute approximate surface area is 113 Å². The molecule has 0 saturated heterocycles. The molecule has 1 aromatic heterocycles. The van der Waals surface area contributed by atoms with Gasteiger partial charge in [0.15, 0.2) is 0 Å². The normalized spacial score (nSPS) is 11.8. The van der Waals surface area contributed by atoms with E-state index in [0.717, 1.165) is 12.8 Å². The number of sulfonamides is 1. The van der Waals surface area contributed by atoms with Crippen LogP contribution in [0.25, 0.3) is 0 Å². The molecule has 1 aromatic rings. The molecule has 0 bridgehead atoms. The summed E-state index contributed by atoms with van der Waals surface area (Å²) in [6, 6.07) is 2.78. The van der Waals surface area contributed by atoms with Gasteiger partial charge in [0.1, 0.15) is 5.82 Å². The Bertz CT molecular complexity index is 492. The molecule has 0 radical (unpaired) electrons. The molecule has 0 saturated carbocycles. The van der Waals surface area contributed by atoms with Crippen molar-refractivity contribution >= 4 is 15.8 Å². The van der Waals surface area contributed by atoms with Crippen molar-refractivity contribution in [2.24, 2.45) is 5.84 Å². The Hall–Kier alpha value is -1.22. The average molecular weight is 288 g/mol. The van der Waals surface area contributed by atoms with Crippen LogP contribution in [0.2, 0.25) is 0 Å². The molecule has 0 unspecified atom stereocenters. The van der Waals surface area contributed by atoms with Crippen LogP contribution in [-0.2, 0) is 10.0 Å². The van der Waals surface area contributed by atoms with Crippen molar-refractivity contribution in [3.8, 4) is 0 Å². The summed E-state index contributed by atoms with van der Waals surface area (Å²) >= 11 is 0. The molecule has 0 amide bonds. The lowest BCUT2D eigenvalue weighted by Gasteiger charge is -2.21. The largest absolute Gasteiger partial charge is 0.395 e. The molecule has 0 atom stereocenters. The van der Waals surface area contributed by atoms with Crippen molar-refractivity contribution in [1.29, 1.82) is 0 Å². The van der Waals surface area contributed by atoms with Gasteiger partial charge in [-0.1, -0.05) is 13.3 Å². The number of nitrogens with zero attached hydrogens (tertiary/aromatic N) is 2. The third-order valence-corrected chi connectivity index (χ3v) is 4.52. The highest BCUT2D eigenvalue weighted by Crippen LogP contribution is 2.17. The van der Waals surface area contributed by atoms with Gasteiger partial charge < -0.3 is 10.5 Å². The summed E-state index contributed by atoms with van der Waals surface area (Å²) in [6.07, 6.45) is 2.99. The highest BCUT2D eigenvalue weighted by molar-refractivity contribution is 7.89. The minimum absolute atomic E-state index is 0.0794. The van der Waals surface area contributed by atoms with Crippen LogP contribution in [0.15, 0.2) is 23.2 Å². The van der Waals surface area contributed by atoms with E-state index in [9.17, 15) is 8.42 Å². The molecule has 7 nitrogen and oxygen atoms in total. The minimum atomic E-state index is -3.63. The number of rotatable bonds is 8. The third-order valence-electron chi connectivity index (χ3n) is 2.63. The van der Waals surface area contributed by atoms with Crippen LogP contribution in [-0.4, -0.2) is 42.5 Å². The Balaban J connectivity index is 3.03. The molecule has 4 N–H and O–H groups in total. The van der Waals surface area contributed by atoms with Crippen LogP contribution in [0, 0.1) is 0 Å². The van der Waals surface area contributed by atoms with Gasteiger partial charge >= 0.3 is 0 Å². The number of nitrogens with one attached hydrogen (secondary N) is 1. The fraction of sp³-hybridized carbons (Fsp3) is 0.545. The molecule has 1 heterocycles. The van der Waals surface area contributed by atoms with E-state index < -0.39 is 10.0 Å². The molecule has 0 aliphatic carbocycles. The fourth-order valence-corrected chi connectivity index (χ4v) is 3.08. The summed E-state index contributed by atoms with van der Waals surface area (Å²) in [5.74, 6) is 5.49. The lowest BCUT2D eigenvalue weighted by molar-refractivity contribution is 0.252. The fourth-order valence-electron chi connectivity index (χ4n) is 1.60. The van der Waals surface area contributed by atoms with Crippen LogP contribution in [0.3, 0.4) is 0 Å². The summed E-state index contributed by atoms with van der Waals surface area (Å²) in [5.41, 5.74) is 2.31. The molecule has 0 spiro atoms. The first kappa shape index (κ1) is 15.8. The Morgan fingerprint density at radius 1 is 1.47 bits per heavy atom. The Morgan fingerprint density at radius 3 is 2.79 bits per heavy atom. The number of hydrogen-bond donors (Lipinski definition) is 3. The van der Waals surface area contributed by atoms with Crippen molar-refractivity contribution in [3.05, 3.63) is 18.3 Å². The SMILES string of the molecule is CCCCN(CCO)S(=O)(=O)c1ccnc(NN)c1. The number of aliphatic hydroxyl groups excluding tert-OH is 1. The summed E-state index contributed by atoms with van der Waals surface area (Å²) < 4.78 is 26.1. The van der Waals surface area contributed by atoms with Gasteiger partial charge in [0.2, 0.25) is 10.0 Å². The smallest absolute Gasteiger partial charge is 0.243 e. The zero-order valence-electron chi connectivity index (χ0n) is 10.9. The minimum Gasteiger partial charge on any atom is -0.395 e. The van der Waals surface area contributed by atoms with Gasteiger partial charge in [-0.05, 0) is 12.5 Å². The van der Waals surface area contributed by atoms with Crippen LogP contribution in [0.5, 0.6) is 0 Å². The number of hydrazine groups is 1. The lowest BCUT2D eigenvalue weighted by atomic mass is 10.3. The van der Waals surface area contributed by atoms with Crippen molar-refractivity contribution in [3.63, 3.8) is 0 Å². The first-order valence-corrected chi connectivity index (χ1v) is 7.54. The number of aliphatic hydroxyl groups is 1. The van der Waals surface area contributed by atoms with E-state index in [4.69, 9.17) is 10.9 Å². The standard InChI is InChI=1S/C11H20N4O3S/c1-2-3-6-15(7-8-16)19(17,18)10-4-5-13-11(9-10)14-12/h4-5,9,16H,2-3,6-8,12H2,1H3,(H,13,14). The number of anilines is 1. The molecule has 8 heteroatoms. The summed E-state index contributed by atoms with van der Waals surface area (Å²) in [5, 5.41) is 9.00. The van der Waals surface area contributed by atoms with E-state index >= 15 is 0 Å². The molecule has 0 aromatic carbocycles. The second-order valence-electron chi connectivity index (χ2n) is 4.00. The van der Waals surface area contributed by atoms with Gasteiger partial charge in [-0.2, -0.15) is 4.31 Å². The van der Waals surface area contributed by atoms with Crippen molar-refractivity contribution in [2.45, 2.75) is 24.7 Å². The van der Waals surface area contributed by atoms with Gasteiger partial charge in [0.25, 0.3) is 0 Å². The van der Waals surface area contributed by atoms with Gasteiger partial charge in [-0.15, -0.1) is 0 Å². The molecule has 108 valence electrons. The van der Waals surface area contributed by atoms with Gasteiger partial charge in [0.05, 0.1) is 11.5 Å². The van der Waals surface area contributed by atoms with E-state index in [1.165, 1.54) is 22.6 Å². The summed E-state index contributed by atoms with van der Waals surface area (Å²) in [7, 11) is -3.63. The highest BCUT2D eigenvalue weighted by atomic mass is 32.2. The first-order valence-electron chi connectivity index (χ1n) is 6.10. The molecule has 0 aliphatic heterocycles. The number of aromatic nitrogens is 1. The Kier molecular flexibility index (Phi) is 6.16. The van der Waals surface area contributed by atoms with E-state index in [1.807, 2.05) is 6.92 Å². The lowest BCUT2D eigenvalue weighted by Crippen LogP contribution is -2.34. The van der Waals surface area contributed by atoms with E-state index in [0.29, 0.717) is 6.54 Å². The van der Waals surface area contributed by atoms with Gasteiger partial charge in [0, 0.05) is 25.4 Å². The van der Waals surface area contributed by atoms with Crippen molar-refractivity contribution < 1.29 is 13.5 Å². The van der Waals surface area contributed by atoms with Crippen LogP contribution in [0.1, 0.15) is 19.8 Å². The van der Waals surface area contributed by atoms with Crippen molar-refractivity contribution in [2.75, 3.05) is 25.1 Å². The maximum atomic E-state index is 12.4. The predicted molar refractivity (Wildman–Crippen MR) is 72.8 cm³/mol. The van der Waals surface area contributed by atoms with Gasteiger partial charge in [-0.25, -0.2) is 19.2 Å². The number of unbranched alkanes of at least 4 members (excludes halogenated alkanes) is 1. The number of hydrogen-bond acceptors (Lipinski definition) is 6. The molecule has 19 heavy (non-hydrogen) atoms. The maximum Gasteiger partial charge on any atom is 0.243 e. The second kappa shape index (κ2) is 7.39. The van der Waals surface area contributed by atoms with Gasteiger partial charge in [-0.3, -0.25) is 0 Å². The van der Waals surface area contributed by atoms with E-state index in [1.54, 1.807) is 0 Å². The van der Waals surface area contributed by atoms with Crippen molar-refractivity contribution in [1.82, 2.24) is 9.29 Å². The number of nitrogens with two attached hydrogens (primary N) is 1. The predicted octanol–water partition coefficient (Wildman–Crippen LogP) is 0.150. The zero-order valence-corrected chi connectivity index (χ0v) is 11.7. The van der Waals surface area contributed by atoms with E-state index in [2.05, 4.69) is 10.4 Å². The maximum absolute atomic E-state index is 12.4. The quantitative estimate of drug-likeness (QED) is 0.464. The second-order valence-corrected chi connectivity index (χ2v) is 5.94. The Morgan fingerprint density at radius 2 is 2.21 bits per heavy atom. The zero-order chi connectivity index (χ0) is 14.3. The topological polar surface area (TPSA) is 109 Å². The third kappa shape index (κ3) is 4.13. The highest BCUT2D eigenvalue weighted by Gasteiger charge is 2.23. The first-order chi connectivity index (χ1) is 9.06. The monoisotopic (exact) mass is 288 g/mol. The molecular weight excluding hydrogens is 268 g/mol. The number of pyridine rings is 1. The molecule has 1 rings (SSSR count). The van der Waals surface area contributed by atoms with Crippen LogP contribution >= 0.6 is 0 Å². The number of nitrogen functional groups attached to an aromatic ring is 1. The van der Waals surface area contributed by atoms with E-state index in [-0.39, 0.29) is 23.9 Å². The average Bonchev–Trinajstić information content (AvgIpc) is 2.43. The van der Waals surface area contributed by atoms with Crippen LogP contribution < -0.4 is 11.3 Å².